The number of ether oxygens (including phenoxy) is 2. The van der Waals surface area contributed by atoms with Crippen molar-refractivity contribution in [2.75, 3.05) is 19.8 Å². The minimum atomic E-state index is 0.234. The second-order valence-electron chi connectivity index (χ2n) is 5.87. The van der Waals surface area contributed by atoms with Crippen molar-refractivity contribution in [2.45, 2.75) is 32.8 Å². The molecule has 1 atom stereocenters. The number of hydrazone groups is 1. The van der Waals surface area contributed by atoms with Crippen molar-refractivity contribution in [3.8, 4) is 5.75 Å². The molecule has 0 unspecified atom stereocenters. The van der Waals surface area contributed by atoms with Crippen molar-refractivity contribution in [1.29, 1.82) is 0 Å². The zero-order valence-electron chi connectivity index (χ0n) is 14.5. The van der Waals surface area contributed by atoms with Crippen LogP contribution >= 0.6 is 12.2 Å². The average Bonchev–Trinajstić information content (AvgIpc) is 3.28. The SMILES string of the molecule is CCOc1cccc2cc(/C(C)=N\NC(=S)NC[C@H]3CCCO3)oc12. The summed E-state index contributed by atoms with van der Waals surface area (Å²) in [5.74, 6) is 1.41. The van der Waals surface area contributed by atoms with E-state index in [1.807, 2.05) is 38.1 Å². The molecule has 3 rings (SSSR count). The van der Waals surface area contributed by atoms with Gasteiger partial charge in [0, 0.05) is 18.5 Å². The van der Waals surface area contributed by atoms with Gasteiger partial charge >= 0.3 is 0 Å². The van der Waals surface area contributed by atoms with Crippen LogP contribution in [0.3, 0.4) is 0 Å². The van der Waals surface area contributed by atoms with Crippen LogP contribution < -0.4 is 15.5 Å². The van der Waals surface area contributed by atoms with E-state index in [0.29, 0.717) is 29.7 Å². The maximum absolute atomic E-state index is 5.91. The number of benzene rings is 1. The van der Waals surface area contributed by atoms with Gasteiger partial charge < -0.3 is 19.2 Å². The smallest absolute Gasteiger partial charge is 0.187 e. The summed E-state index contributed by atoms with van der Waals surface area (Å²) in [4.78, 5) is 0. The first kappa shape index (κ1) is 17.7. The number of nitrogens with one attached hydrogen (secondary N) is 2. The molecule has 2 heterocycles. The summed E-state index contributed by atoms with van der Waals surface area (Å²) < 4.78 is 17.1. The van der Waals surface area contributed by atoms with Gasteiger partial charge in [-0.15, -0.1) is 0 Å². The van der Waals surface area contributed by atoms with E-state index >= 15 is 0 Å². The molecule has 1 fully saturated rings. The van der Waals surface area contributed by atoms with E-state index < -0.39 is 0 Å². The highest BCUT2D eigenvalue weighted by Gasteiger charge is 2.15. The molecule has 1 saturated heterocycles. The van der Waals surface area contributed by atoms with E-state index in [-0.39, 0.29) is 6.10 Å². The quantitative estimate of drug-likeness (QED) is 0.468. The molecule has 2 aromatic rings. The number of para-hydroxylation sites is 1. The van der Waals surface area contributed by atoms with E-state index in [1.54, 1.807) is 0 Å². The predicted molar refractivity (Wildman–Crippen MR) is 102 cm³/mol. The van der Waals surface area contributed by atoms with Gasteiger partial charge in [0.2, 0.25) is 0 Å². The molecule has 0 radical (unpaired) electrons. The van der Waals surface area contributed by atoms with Crippen LogP contribution in [0.15, 0.2) is 33.8 Å². The Labute approximate surface area is 152 Å². The molecule has 1 aliphatic rings. The van der Waals surface area contributed by atoms with Crippen LogP contribution in [-0.2, 0) is 4.74 Å². The standard InChI is InChI=1S/C18H23N3O3S/c1-3-22-15-8-4-6-13-10-16(24-17(13)15)12(2)20-21-18(25)19-11-14-7-5-9-23-14/h4,6,8,10,14H,3,5,7,9,11H2,1-2H3,(H2,19,21,25)/b20-12-/t14-/m1/s1. The fourth-order valence-electron chi connectivity index (χ4n) is 2.72. The topological polar surface area (TPSA) is 68.0 Å². The molecule has 7 heteroatoms. The van der Waals surface area contributed by atoms with Crippen molar-refractivity contribution in [1.82, 2.24) is 10.7 Å². The Morgan fingerprint density at radius 1 is 1.44 bits per heavy atom. The first-order valence-corrected chi connectivity index (χ1v) is 8.93. The molecule has 1 aromatic heterocycles. The second-order valence-corrected chi connectivity index (χ2v) is 6.28. The lowest BCUT2D eigenvalue weighted by Gasteiger charge is -2.12. The molecule has 0 saturated carbocycles. The fourth-order valence-corrected chi connectivity index (χ4v) is 2.85. The number of furan rings is 1. The number of rotatable bonds is 6. The van der Waals surface area contributed by atoms with Gasteiger partial charge in [-0.05, 0) is 51.0 Å². The Bertz CT molecular complexity index is 766. The predicted octanol–water partition coefficient (Wildman–Crippen LogP) is 3.20. The van der Waals surface area contributed by atoms with Crippen molar-refractivity contribution in [3.05, 3.63) is 30.0 Å². The fraction of sp³-hybridized carbons (Fsp3) is 0.444. The highest BCUT2D eigenvalue weighted by molar-refractivity contribution is 7.80. The van der Waals surface area contributed by atoms with Crippen LogP contribution in [0.5, 0.6) is 5.75 Å². The van der Waals surface area contributed by atoms with Gasteiger partial charge in [-0.25, -0.2) is 0 Å². The van der Waals surface area contributed by atoms with Crippen LogP contribution in [0.2, 0.25) is 0 Å². The third-order valence-electron chi connectivity index (χ3n) is 4.00. The monoisotopic (exact) mass is 361 g/mol. The third kappa shape index (κ3) is 4.49. The molecule has 0 bridgehead atoms. The summed E-state index contributed by atoms with van der Waals surface area (Å²) in [5, 5.41) is 8.87. The molecule has 1 aromatic carbocycles. The molecule has 134 valence electrons. The van der Waals surface area contributed by atoms with E-state index in [9.17, 15) is 0 Å². The number of hydrogen-bond acceptors (Lipinski definition) is 5. The van der Waals surface area contributed by atoms with Crippen molar-refractivity contribution >= 4 is 34.0 Å². The third-order valence-corrected chi connectivity index (χ3v) is 4.24. The van der Waals surface area contributed by atoms with Crippen LogP contribution in [0.25, 0.3) is 11.0 Å². The van der Waals surface area contributed by atoms with Crippen LogP contribution in [0, 0.1) is 0 Å². The molecule has 0 spiro atoms. The molecular formula is C18H23N3O3S. The normalized spacial score (nSPS) is 17.7. The first-order chi connectivity index (χ1) is 12.2. The lowest BCUT2D eigenvalue weighted by Crippen LogP contribution is -2.37. The number of nitrogens with zero attached hydrogens (tertiary/aromatic N) is 1. The van der Waals surface area contributed by atoms with Crippen molar-refractivity contribution < 1.29 is 13.9 Å². The summed E-state index contributed by atoms with van der Waals surface area (Å²) in [6.07, 6.45) is 2.41. The number of fused-ring (bicyclic) bond motifs is 1. The Hall–Kier alpha value is -2.12. The molecule has 0 aliphatic carbocycles. The maximum atomic E-state index is 5.91. The van der Waals surface area contributed by atoms with Gasteiger partial charge in [0.05, 0.1) is 12.7 Å². The lowest BCUT2D eigenvalue weighted by molar-refractivity contribution is 0.114. The van der Waals surface area contributed by atoms with E-state index in [4.69, 9.17) is 26.1 Å². The summed E-state index contributed by atoms with van der Waals surface area (Å²) in [7, 11) is 0. The summed E-state index contributed by atoms with van der Waals surface area (Å²) >= 11 is 5.24. The molecule has 1 aliphatic heterocycles. The van der Waals surface area contributed by atoms with Crippen LogP contribution in [0.1, 0.15) is 32.4 Å². The van der Waals surface area contributed by atoms with Crippen LogP contribution in [-0.4, -0.2) is 36.7 Å². The maximum Gasteiger partial charge on any atom is 0.187 e. The van der Waals surface area contributed by atoms with E-state index in [2.05, 4.69) is 15.8 Å². The minimum Gasteiger partial charge on any atom is -0.490 e. The molecule has 6 nitrogen and oxygen atoms in total. The zero-order chi connectivity index (χ0) is 17.6. The minimum absolute atomic E-state index is 0.234. The van der Waals surface area contributed by atoms with Gasteiger partial charge in [-0.3, -0.25) is 5.43 Å². The molecular weight excluding hydrogens is 338 g/mol. The summed E-state index contributed by atoms with van der Waals surface area (Å²) in [5.41, 5.74) is 4.29. The first-order valence-electron chi connectivity index (χ1n) is 8.53. The molecule has 2 N–H and O–H groups in total. The molecule has 0 amide bonds. The van der Waals surface area contributed by atoms with Gasteiger partial charge in [0.15, 0.2) is 22.2 Å². The number of hydrogen-bond donors (Lipinski definition) is 2. The molecule has 25 heavy (non-hydrogen) atoms. The highest BCUT2D eigenvalue weighted by Crippen LogP contribution is 2.29. The largest absolute Gasteiger partial charge is 0.490 e. The zero-order valence-corrected chi connectivity index (χ0v) is 15.3. The van der Waals surface area contributed by atoms with Gasteiger partial charge in [-0.1, -0.05) is 12.1 Å². The van der Waals surface area contributed by atoms with Crippen LogP contribution in [0.4, 0.5) is 0 Å². The Kier molecular flexibility index (Phi) is 5.88. The Morgan fingerprint density at radius 2 is 2.32 bits per heavy atom. The summed E-state index contributed by atoms with van der Waals surface area (Å²) in [6, 6.07) is 7.77. The average molecular weight is 361 g/mol. The Morgan fingerprint density at radius 3 is 3.08 bits per heavy atom. The second kappa shape index (κ2) is 8.31. The van der Waals surface area contributed by atoms with Crippen molar-refractivity contribution in [3.63, 3.8) is 0 Å². The Balaban J connectivity index is 1.62. The highest BCUT2D eigenvalue weighted by atomic mass is 32.1. The summed E-state index contributed by atoms with van der Waals surface area (Å²) in [6.45, 7) is 5.94. The number of thiocarbonyl (C=S) groups is 1. The van der Waals surface area contributed by atoms with E-state index in [1.165, 1.54) is 0 Å². The van der Waals surface area contributed by atoms with Crippen molar-refractivity contribution in [2.24, 2.45) is 5.10 Å². The van der Waals surface area contributed by atoms with E-state index in [0.717, 1.165) is 36.2 Å². The van der Waals surface area contributed by atoms with Gasteiger partial charge in [0.25, 0.3) is 0 Å². The van der Waals surface area contributed by atoms with Gasteiger partial charge in [0.1, 0.15) is 5.71 Å². The lowest BCUT2D eigenvalue weighted by atomic mass is 10.2. The van der Waals surface area contributed by atoms with Gasteiger partial charge in [-0.2, -0.15) is 5.10 Å².